The van der Waals surface area contributed by atoms with Gasteiger partial charge in [-0.3, -0.25) is 9.59 Å². The fourth-order valence-electron chi connectivity index (χ4n) is 5.17. The van der Waals surface area contributed by atoms with Gasteiger partial charge < -0.3 is 19.6 Å². The molecule has 0 bridgehead atoms. The monoisotopic (exact) mass is 408 g/mol. The SMILES string of the molecule is CCC(=O)N1[C@@H](CO)[C@@H](c2ccc(-c3ccccc3OC)cc2)C12CN(C(C)=O)C2. The Labute approximate surface area is 177 Å². The average Bonchev–Trinajstić information content (AvgIpc) is 2.72. The number of methoxy groups -OCH3 is 1. The first-order valence-corrected chi connectivity index (χ1v) is 10.4. The lowest BCUT2D eigenvalue weighted by atomic mass is 9.60. The van der Waals surface area contributed by atoms with Gasteiger partial charge in [-0.05, 0) is 17.2 Å². The molecule has 2 heterocycles. The maximum absolute atomic E-state index is 12.6. The zero-order valence-electron chi connectivity index (χ0n) is 17.7. The van der Waals surface area contributed by atoms with Crippen molar-refractivity contribution < 1.29 is 19.4 Å². The number of carbonyl (C=O) groups is 2. The van der Waals surface area contributed by atoms with E-state index in [2.05, 4.69) is 24.3 Å². The first kappa shape index (κ1) is 20.4. The molecule has 1 spiro atoms. The van der Waals surface area contributed by atoms with Gasteiger partial charge >= 0.3 is 0 Å². The quantitative estimate of drug-likeness (QED) is 0.826. The molecular formula is C24H28N2O4. The van der Waals surface area contributed by atoms with Crippen LogP contribution in [0.3, 0.4) is 0 Å². The topological polar surface area (TPSA) is 70.1 Å². The van der Waals surface area contributed by atoms with Gasteiger partial charge in [0.05, 0.1) is 25.3 Å². The molecule has 2 amide bonds. The van der Waals surface area contributed by atoms with E-state index < -0.39 is 5.54 Å². The van der Waals surface area contributed by atoms with Gasteiger partial charge in [-0.1, -0.05) is 49.4 Å². The number of aliphatic hydroxyl groups is 1. The molecule has 2 aliphatic heterocycles. The highest BCUT2D eigenvalue weighted by molar-refractivity contribution is 5.82. The van der Waals surface area contributed by atoms with Crippen LogP contribution in [0.2, 0.25) is 0 Å². The highest BCUT2D eigenvalue weighted by Crippen LogP contribution is 2.54. The van der Waals surface area contributed by atoms with Crippen LogP contribution in [0, 0.1) is 0 Å². The molecule has 0 aromatic heterocycles. The molecular weight excluding hydrogens is 380 g/mol. The van der Waals surface area contributed by atoms with Crippen LogP contribution in [0.25, 0.3) is 11.1 Å². The van der Waals surface area contributed by atoms with E-state index in [-0.39, 0.29) is 30.4 Å². The van der Waals surface area contributed by atoms with Crippen molar-refractivity contribution in [3.8, 4) is 16.9 Å². The van der Waals surface area contributed by atoms with Crippen LogP contribution in [-0.4, -0.2) is 65.1 Å². The Hall–Kier alpha value is -2.86. The van der Waals surface area contributed by atoms with Crippen LogP contribution < -0.4 is 4.74 Å². The molecule has 2 saturated heterocycles. The number of likely N-dealkylation sites (tertiary alicyclic amines) is 2. The molecule has 2 aromatic rings. The summed E-state index contributed by atoms with van der Waals surface area (Å²) in [6.07, 6.45) is 0.387. The number of rotatable bonds is 5. The Bertz CT molecular complexity index is 950. The third kappa shape index (κ3) is 2.98. The molecule has 30 heavy (non-hydrogen) atoms. The Kier molecular flexibility index (Phi) is 5.28. The molecule has 0 unspecified atom stereocenters. The van der Waals surface area contributed by atoms with Crippen molar-refractivity contribution in [3.05, 3.63) is 54.1 Å². The molecule has 2 aromatic carbocycles. The maximum Gasteiger partial charge on any atom is 0.223 e. The van der Waals surface area contributed by atoms with Gasteiger partial charge in [-0.2, -0.15) is 0 Å². The molecule has 0 radical (unpaired) electrons. The van der Waals surface area contributed by atoms with Crippen LogP contribution in [0.15, 0.2) is 48.5 Å². The third-order valence-corrected chi connectivity index (χ3v) is 6.60. The minimum Gasteiger partial charge on any atom is -0.496 e. The van der Waals surface area contributed by atoms with E-state index in [1.807, 2.05) is 36.1 Å². The van der Waals surface area contributed by atoms with Gasteiger partial charge in [-0.25, -0.2) is 0 Å². The zero-order valence-corrected chi connectivity index (χ0v) is 17.7. The number of aliphatic hydroxyl groups excluding tert-OH is 1. The van der Waals surface area contributed by atoms with E-state index in [4.69, 9.17) is 4.74 Å². The molecule has 1 N–H and O–H groups in total. The summed E-state index contributed by atoms with van der Waals surface area (Å²) in [6.45, 7) is 4.33. The van der Waals surface area contributed by atoms with E-state index in [1.54, 1.807) is 18.9 Å². The lowest BCUT2D eigenvalue weighted by Gasteiger charge is -2.70. The normalized spacial score (nSPS) is 21.7. The summed E-state index contributed by atoms with van der Waals surface area (Å²) in [5, 5.41) is 10.1. The van der Waals surface area contributed by atoms with Crippen LogP contribution in [-0.2, 0) is 9.59 Å². The molecule has 0 aliphatic carbocycles. The van der Waals surface area contributed by atoms with Crippen molar-refractivity contribution in [2.75, 3.05) is 26.8 Å². The first-order chi connectivity index (χ1) is 14.5. The maximum atomic E-state index is 12.6. The first-order valence-electron chi connectivity index (χ1n) is 10.4. The van der Waals surface area contributed by atoms with Gasteiger partial charge in [0.25, 0.3) is 0 Å². The van der Waals surface area contributed by atoms with Crippen LogP contribution in [0.4, 0.5) is 0 Å². The second kappa shape index (κ2) is 7.76. The molecule has 6 nitrogen and oxygen atoms in total. The minimum absolute atomic E-state index is 0.000295. The second-order valence-corrected chi connectivity index (χ2v) is 8.15. The number of amides is 2. The Balaban J connectivity index is 1.66. The van der Waals surface area contributed by atoms with Crippen molar-refractivity contribution in [1.82, 2.24) is 9.80 Å². The second-order valence-electron chi connectivity index (χ2n) is 8.15. The lowest BCUT2D eigenvalue weighted by Crippen LogP contribution is -2.85. The van der Waals surface area contributed by atoms with Gasteiger partial charge in [0, 0.05) is 37.9 Å². The number of ether oxygens (including phenoxy) is 1. The number of hydrogen-bond acceptors (Lipinski definition) is 4. The smallest absolute Gasteiger partial charge is 0.223 e. The minimum atomic E-state index is -0.419. The summed E-state index contributed by atoms with van der Waals surface area (Å²) >= 11 is 0. The van der Waals surface area contributed by atoms with Crippen molar-refractivity contribution in [2.45, 2.75) is 37.8 Å². The molecule has 6 heteroatoms. The van der Waals surface area contributed by atoms with Crippen molar-refractivity contribution in [3.63, 3.8) is 0 Å². The Morgan fingerprint density at radius 2 is 1.80 bits per heavy atom. The molecule has 2 atom stereocenters. The summed E-state index contributed by atoms with van der Waals surface area (Å²) in [5.41, 5.74) is 2.72. The van der Waals surface area contributed by atoms with E-state index in [0.29, 0.717) is 19.5 Å². The van der Waals surface area contributed by atoms with Crippen LogP contribution in [0.1, 0.15) is 31.7 Å². The zero-order chi connectivity index (χ0) is 21.5. The third-order valence-electron chi connectivity index (χ3n) is 6.60. The average molecular weight is 408 g/mol. The van der Waals surface area contributed by atoms with Gasteiger partial charge in [0.2, 0.25) is 11.8 Å². The van der Waals surface area contributed by atoms with Crippen LogP contribution >= 0.6 is 0 Å². The number of benzene rings is 2. The predicted octanol–water partition coefficient (Wildman–Crippen LogP) is 2.66. The largest absolute Gasteiger partial charge is 0.496 e. The summed E-state index contributed by atoms with van der Waals surface area (Å²) in [7, 11) is 1.66. The number of carbonyl (C=O) groups excluding carboxylic acids is 2. The van der Waals surface area contributed by atoms with E-state index >= 15 is 0 Å². The molecule has 0 saturated carbocycles. The number of nitrogens with zero attached hydrogens (tertiary/aromatic N) is 2. The van der Waals surface area contributed by atoms with Crippen molar-refractivity contribution >= 4 is 11.8 Å². The Morgan fingerprint density at radius 1 is 1.13 bits per heavy atom. The summed E-state index contributed by atoms with van der Waals surface area (Å²) in [6, 6.07) is 15.9. The summed E-state index contributed by atoms with van der Waals surface area (Å²) < 4.78 is 5.48. The Morgan fingerprint density at radius 3 is 2.37 bits per heavy atom. The molecule has 2 fully saturated rings. The van der Waals surface area contributed by atoms with E-state index in [0.717, 1.165) is 22.4 Å². The van der Waals surface area contributed by atoms with E-state index in [1.165, 1.54) is 0 Å². The van der Waals surface area contributed by atoms with Gasteiger partial charge in [0.15, 0.2) is 0 Å². The predicted molar refractivity (Wildman–Crippen MR) is 114 cm³/mol. The number of hydrogen-bond donors (Lipinski definition) is 1. The highest BCUT2D eigenvalue weighted by atomic mass is 16.5. The van der Waals surface area contributed by atoms with Crippen molar-refractivity contribution in [1.29, 1.82) is 0 Å². The highest BCUT2D eigenvalue weighted by Gasteiger charge is 2.67. The fourth-order valence-corrected chi connectivity index (χ4v) is 5.17. The van der Waals surface area contributed by atoms with Crippen molar-refractivity contribution in [2.24, 2.45) is 0 Å². The van der Waals surface area contributed by atoms with Gasteiger partial charge in [-0.15, -0.1) is 0 Å². The molecule has 2 aliphatic rings. The molecule has 158 valence electrons. The van der Waals surface area contributed by atoms with E-state index in [9.17, 15) is 14.7 Å². The van der Waals surface area contributed by atoms with Gasteiger partial charge in [0.1, 0.15) is 5.75 Å². The van der Waals surface area contributed by atoms with Crippen LogP contribution in [0.5, 0.6) is 5.75 Å². The summed E-state index contributed by atoms with van der Waals surface area (Å²) in [5.74, 6) is 0.858. The summed E-state index contributed by atoms with van der Waals surface area (Å²) in [4.78, 5) is 28.0. The molecule has 4 rings (SSSR count). The standard InChI is InChI=1S/C24H28N2O4/c1-4-22(29)26-20(13-27)23(24(26)14-25(15-24)16(2)28)18-11-9-17(10-12-18)19-7-5-6-8-21(19)30-3/h5-12,20,23,27H,4,13-15H2,1-3H3/t20-,23+/m0/s1. The number of para-hydroxylation sites is 1. The fraction of sp³-hybridized carbons (Fsp3) is 0.417. The lowest BCUT2D eigenvalue weighted by molar-refractivity contribution is -0.202.